The molecule has 1 aromatic carbocycles. The second kappa shape index (κ2) is 6.79. The van der Waals surface area contributed by atoms with Crippen LogP contribution in [0.15, 0.2) is 62.9 Å². The Morgan fingerprint density at radius 2 is 1.93 bits per heavy atom. The Bertz CT molecular complexity index is 1090. The van der Waals surface area contributed by atoms with Crippen molar-refractivity contribution in [1.82, 2.24) is 10.3 Å². The largest absolute Gasteiger partial charge is 0.384 e. The minimum atomic E-state index is -3.82. The van der Waals surface area contributed by atoms with E-state index in [1.165, 1.54) is 12.1 Å². The minimum Gasteiger partial charge on any atom is -0.384 e. The maximum Gasteiger partial charge on any atom is 0.226 e. The van der Waals surface area contributed by atoms with Crippen LogP contribution in [-0.2, 0) is 21.1 Å². The van der Waals surface area contributed by atoms with Gasteiger partial charge < -0.3 is 11.1 Å². The number of nitrogens with one attached hydrogen (secondary N) is 1. The van der Waals surface area contributed by atoms with Gasteiger partial charge in [0.1, 0.15) is 11.5 Å². The second-order valence-electron chi connectivity index (χ2n) is 6.83. The molecule has 0 spiro atoms. The summed E-state index contributed by atoms with van der Waals surface area (Å²) in [6, 6.07) is 9.41. The van der Waals surface area contributed by atoms with E-state index in [-0.39, 0.29) is 16.5 Å². The third-order valence-corrected chi connectivity index (χ3v) is 6.72. The highest BCUT2D eigenvalue weighted by molar-refractivity contribution is 7.92. The van der Waals surface area contributed by atoms with Crippen molar-refractivity contribution in [3.63, 3.8) is 0 Å². The van der Waals surface area contributed by atoms with Crippen LogP contribution in [0, 0.1) is 12.8 Å². The van der Waals surface area contributed by atoms with Crippen LogP contribution in [0.4, 0.5) is 5.82 Å². The summed E-state index contributed by atoms with van der Waals surface area (Å²) in [5.41, 5.74) is 7.71. The Morgan fingerprint density at radius 1 is 1.18 bits per heavy atom. The Hall–Kier alpha value is -3.14. The first kappa shape index (κ1) is 18.2. The van der Waals surface area contributed by atoms with Crippen LogP contribution in [-0.4, -0.2) is 36.4 Å². The molecule has 2 aliphatic heterocycles. The van der Waals surface area contributed by atoms with Gasteiger partial charge in [0, 0.05) is 6.20 Å². The van der Waals surface area contributed by atoms with Crippen LogP contribution < -0.4 is 11.1 Å². The number of aryl methyl sites for hydroxylation is 1. The first-order valence-corrected chi connectivity index (χ1v) is 10.2. The molecule has 0 aliphatic carbocycles. The maximum atomic E-state index is 13.0. The molecule has 144 valence electrons. The van der Waals surface area contributed by atoms with Crippen LogP contribution in [0.5, 0.6) is 0 Å². The molecule has 0 saturated carbocycles. The number of benzene rings is 1. The molecule has 2 aliphatic rings. The van der Waals surface area contributed by atoms with Crippen molar-refractivity contribution in [1.29, 1.82) is 0 Å². The molecule has 1 amide bonds. The van der Waals surface area contributed by atoms with E-state index in [0.717, 1.165) is 11.1 Å². The predicted octanol–water partition coefficient (Wildman–Crippen LogP) is 1.25. The summed E-state index contributed by atoms with van der Waals surface area (Å²) in [6.07, 6.45) is 1.96. The minimum absolute atomic E-state index is 0.140. The molecule has 10 heteroatoms. The van der Waals surface area contributed by atoms with Crippen molar-refractivity contribution >= 4 is 27.3 Å². The molecule has 1 saturated heterocycles. The smallest absolute Gasteiger partial charge is 0.226 e. The summed E-state index contributed by atoms with van der Waals surface area (Å²) in [5.74, 6) is -0.293. The summed E-state index contributed by atoms with van der Waals surface area (Å²) in [7, 11) is -3.82. The molecule has 2 aromatic rings. The fourth-order valence-corrected chi connectivity index (χ4v) is 4.76. The van der Waals surface area contributed by atoms with Gasteiger partial charge in [0.25, 0.3) is 0 Å². The average molecular weight is 398 g/mol. The molecule has 1 unspecified atom stereocenters. The molecule has 1 fully saturated rings. The summed E-state index contributed by atoms with van der Waals surface area (Å²) >= 11 is 0. The van der Waals surface area contributed by atoms with Gasteiger partial charge in [-0.2, -0.15) is 0 Å². The number of nitrogens with two attached hydrogens (primary N) is 1. The molecule has 4 rings (SSSR count). The predicted molar refractivity (Wildman–Crippen MR) is 102 cm³/mol. The molecular formula is C18H18N6O3S. The van der Waals surface area contributed by atoms with E-state index in [9.17, 15) is 13.2 Å². The lowest BCUT2D eigenvalue weighted by Gasteiger charge is -2.37. The molecule has 3 N–H and O–H groups in total. The highest BCUT2D eigenvalue weighted by Crippen LogP contribution is 2.30. The zero-order valence-corrected chi connectivity index (χ0v) is 15.8. The fraction of sp³-hybridized carbons (Fsp3) is 0.278. The SMILES string of the molecule is Cc1ccc(S(=O)(=O)C2N=NN=C2[C@H]2NC(=O)[C@@H]2Cc2ccnc(N)c2)cc1. The average Bonchev–Trinajstić information content (AvgIpc) is 3.14. The van der Waals surface area contributed by atoms with Gasteiger partial charge in [-0.05, 0) is 48.4 Å². The zero-order valence-electron chi connectivity index (χ0n) is 15.0. The summed E-state index contributed by atoms with van der Waals surface area (Å²) in [5, 5.41) is 12.8. The summed E-state index contributed by atoms with van der Waals surface area (Å²) in [6.45, 7) is 1.87. The number of sulfone groups is 1. The Kier molecular flexibility index (Phi) is 4.42. The lowest BCUT2D eigenvalue weighted by molar-refractivity contribution is -0.132. The third-order valence-electron chi connectivity index (χ3n) is 4.87. The molecule has 3 heterocycles. The zero-order chi connectivity index (χ0) is 19.9. The fourth-order valence-electron chi connectivity index (χ4n) is 3.31. The number of carbonyl (C=O) groups is 1. The first-order chi connectivity index (χ1) is 13.4. The molecule has 0 bridgehead atoms. The van der Waals surface area contributed by atoms with Crippen molar-refractivity contribution in [2.45, 2.75) is 29.7 Å². The van der Waals surface area contributed by atoms with Crippen LogP contribution >= 0.6 is 0 Å². The molecule has 9 nitrogen and oxygen atoms in total. The van der Waals surface area contributed by atoms with E-state index in [2.05, 4.69) is 25.7 Å². The van der Waals surface area contributed by atoms with Gasteiger partial charge in [-0.15, -0.1) is 10.2 Å². The number of hydrogen-bond donors (Lipinski definition) is 2. The number of nitrogens with zero attached hydrogens (tertiary/aromatic N) is 4. The van der Waals surface area contributed by atoms with Crippen LogP contribution in [0.25, 0.3) is 0 Å². The van der Waals surface area contributed by atoms with Gasteiger partial charge in [-0.1, -0.05) is 17.7 Å². The summed E-state index contributed by atoms with van der Waals surface area (Å²) in [4.78, 5) is 16.2. The number of amides is 1. The Labute approximate surface area is 161 Å². The van der Waals surface area contributed by atoms with Crippen molar-refractivity contribution in [2.24, 2.45) is 21.4 Å². The Morgan fingerprint density at radius 3 is 2.61 bits per heavy atom. The molecular weight excluding hydrogens is 380 g/mol. The van der Waals surface area contributed by atoms with Crippen molar-refractivity contribution < 1.29 is 13.2 Å². The van der Waals surface area contributed by atoms with E-state index in [1.54, 1.807) is 30.5 Å². The number of rotatable bonds is 5. The van der Waals surface area contributed by atoms with Crippen LogP contribution in [0.3, 0.4) is 0 Å². The highest BCUT2D eigenvalue weighted by atomic mass is 32.2. The number of β-lactam (4-membered cyclic amide) rings is 1. The molecule has 0 radical (unpaired) electrons. The third kappa shape index (κ3) is 3.15. The first-order valence-electron chi connectivity index (χ1n) is 8.65. The van der Waals surface area contributed by atoms with Gasteiger partial charge in [0.2, 0.25) is 21.1 Å². The number of carbonyl (C=O) groups excluding carboxylic acids is 1. The van der Waals surface area contributed by atoms with E-state index in [4.69, 9.17) is 5.73 Å². The normalized spacial score (nSPS) is 23.8. The van der Waals surface area contributed by atoms with Gasteiger partial charge in [0.15, 0.2) is 0 Å². The van der Waals surface area contributed by atoms with Gasteiger partial charge in [-0.25, -0.2) is 13.4 Å². The number of pyridine rings is 1. The van der Waals surface area contributed by atoms with Crippen LogP contribution in [0.1, 0.15) is 11.1 Å². The Balaban J connectivity index is 1.58. The molecule has 3 atom stereocenters. The quantitative estimate of drug-likeness (QED) is 0.730. The van der Waals surface area contributed by atoms with E-state index < -0.39 is 27.2 Å². The molecule has 1 aromatic heterocycles. The van der Waals surface area contributed by atoms with Gasteiger partial charge >= 0.3 is 0 Å². The number of anilines is 1. The second-order valence-corrected chi connectivity index (χ2v) is 8.83. The topological polar surface area (TPSA) is 139 Å². The lowest BCUT2D eigenvalue weighted by atomic mass is 9.82. The molecule has 28 heavy (non-hydrogen) atoms. The van der Waals surface area contributed by atoms with E-state index in [0.29, 0.717) is 12.2 Å². The summed E-state index contributed by atoms with van der Waals surface area (Å²) < 4.78 is 26.0. The van der Waals surface area contributed by atoms with Crippen molar-refractivity contribution in [2.75, 3.05) is 5.73 Å². The number of aromatic nitrogens is 1. The highest BCUT2D eigenvalue weighted by Gasteiger charge is 2.49. The van der Waals surface area contributed by atoms with E-state index >= 15 is 0 Å². The lowest BCUT2D eigenvalue weighted by Crippen LogP contribution is -2.64. The van der Waals surface area contributed by atoms with E-state index in [1.807, 2.05) is 6.92 Å². The van der Waals surface area contributed by atoms with Gasteiger partial charge in [-0.3, -0.25) is 4.79 Å². The standard InChI is InChI=1S/C18H18N6O3S/c1-10-2-4-12(5-3-10)28(26,27)18-16(22-24-23-18)15-13(17(25)21-15)8-11-6-7-20-14(19)9-11/h2-7,9,13,15,18H,8H2,1H3,(H2,19,20)(H,21,25)/t13-,15+,18?/m1/s1. The maximum absolute atomic E-state index is 13.0. The monoisotopic (exact) mass is 398 g/mol. The number of nitrogen functional groups attached to an aromatic ring is 1. The van der Waals surface area contributed by atoms with Crippen molar-refractivity contribution in [3.05, 3.63) is 53.7 Å². The number of hydrogen-bond acceptors (Lipinski definition) is 8. The van der Waals surface area contributed by atoms with Crippen molar-refractivity contribution in [3.8, 4) is 0 Å². The van der Waals surface area contributed by atoms with Crippen LogP contribution in [0.2, 0.25) is 0 Å². The van der Waals surface area contributed by atoms with Gasteiger partial charge in [0.05, 0.1) is 16.9 Å².